The summed E-state index contributed by atoms with van der Waals surface area (Å²) in [4.78, 5) is 4.69. The van der Waals surface area contributed by atoms with E-state index in [0.29, 0.717) is 0 Å². The quantitative estimate of drug-likeness (QED) is 0.795. The number of aryl methyl sites for hydroxylation is 1. The second-order valence-electron chi connectivity index (χ2n) is 4.56. The fourth-order valence-electron chi connectivity index (χ4n) is 2.10. The summed E-state index contributed by atoms with van der Waals surface area (Å²) >= 11 is 1.65. The third-order valence-corrected chi connectivity index (χ3v) is 4.07. The number of hydrogen-bond acceptors (Lipinski definition) is 4. The molecule has 1 N–H and O–H groups in total. The average molecular weight is 285 g/mol. The Balaban J connectivity index is 2.06. The Kier molecular flexibility index (Phi) is 3.67. The number of benzene rings is 2. The van der Waals surface area contributed by atoms with Crippen LogP contribution in [0.1, 0.15) is 5.56 Å². The van der Waals surface area contributed by atoms with Gasteiger partial charge >= 0.3 is 0 Å². The fraction of sp³-hybridized carbons (Fsp3) is 0.188. The number of aliphatic hydroxyl groups excluding tert-OH is 1. The number of aromatic nitrogens is 1. The van der Waals surface area contributed by atoms with Crippen molar-refractivity contribution in [2.45, 2.75) is 6.92 Å². The van der Waals surface area contributed by atoms with Crippen LogP contribution in [-0.4, -0.2) is 23.3 Å². The van der Waals surface area contributed by atoms with Gasteiger partial charge in [-0.15, -0.1) is 11.3 Å². The maximum Gasteiger partial charge on any atom is 0.146 e. The van der Waals surface area contributed by atoms with Gasteiger partial charge in [-0.2, -0.15) is 0 Å². The van der Waals surface area contributed by atoms with Crippen LogP contribution in [0.25, 0.3) is 20.8 Å². The molecule has 0 spiro atoms. The van der Waals surface area contributed by atoms with Crippen LogP contribution < -0.4 is 4.74 Å². The molecule has 1 aromatic heterocycles. The lowest BCUT2D eigenvalue weighted by molar-refractivity contribution is 0.202. The van der Waals surface area contributed by atoms with Crippen LogP contribution in [0.5, 0.6) is 5.75 Å². The average Bonchev–Trinajstić information content (AvgIpc) is 2.89. The Bertz CT molecular complexity index is 736. The van der Waals surface area contributed by atoms with Gasteiger partial charge in [-0.25, -0.2) is 4.98 Å². The molecule has 3 rings (SSSR count). The van der Waals surface area contributed by atoms with Crippen molar-refractivity contribution in [3.63, 3.8) is 0 Å². The predicted octanol–water partition coefficient (Wildman–Crippen LogP) is 3.64. The smallest absolute Gasteiger partial charge is 0.146 e. The maximum absolute atomic E-state index is 8.87. The highest BCUT2D eigenvalue weighted by molar-refractivity contribution is 7.21. The van der Waals surface area contributed by atoms with Crippen LogP contribution in [-0.2, 0) is 0 Å². The van der Waals surface area contributed by atoms with Crippen LogP contribution in [0.4, 0.5) is 0 Å². The first-order valence-electron chi connectivity index (χ1n) is 6.48. The largest absolute Gasteiger partial charge is 0.489 e. The Labute approximate surface area is 121 Å². The van der Waals surface area contributed by atoms with Crippen LogP contribution in [0, 0.1) is 6.92 Å². The van der Waals surface area contributed by atoms with E-state index in [2.05, 4.69) is 30.1 Å². The normalized spacial score (nSPS) is 10.9. The van der Waals surface area contributed by atoms with E-state index in [0.717, 1.165) is 26.5 Å². The summed E-state index contributed by atoms with van der Waals surface area (Å²) in [6.45, 7) is 2.37. The number of rotatable bonds is 4. The molecule has 0 saturated heterocycles. The van der Waals surface area contributed by atoms with Crippen molar-refractivity contribution in [3.8, 4) is 16.3 Å². The number of hydrogen-bond donors (Lipinski definition) is 1. The van der Waals surface area contributed by atoms with Crippen molar-refractivity contribution < 1.29 is 9.84 Å². The second-order valence-corrected chi connectivity index (χ2v) is 5.59. The molecule has 0 amide bonds. The highest BCUT2D eigenvalue weighted by atomic mass is 32.1. The molecule has 2 aromatic carbocycles. The standard InChI is InChI=1S/C16H15NO2S/c1-11-4-2-5-12(10-11)16-17-15-13(19-9-8-18)6-3-7-14(15)20-16/h2-7,10,18H,8-9H2,1H3. The molecule has 20 heavy (non-hydrogen) atoms. The first kappa shape index (κ1) is 13.1. The van der Waals surface area contributed by atoms with Gasteiger partial charge in [-0.3, -0.25) is 0 Å². The van der Waals surface area contributed by atoms with Crippen molar-refractivity contribution in [1.82, 2.24) is 4.98 Å². The zero-order valence-corrected chi connectivity index (χ0v) is 12.0. The highest BCUT2D eigenvalue weighted by Crippen LogP contribution is 2.34. The summed E-state index contributed by atoms with van der Waals surface area (Å²) in [6, 6.07) is 14.2. The Morgan fingerprint density at radius 1 is 1.20 bits per heavy atom. The predicted molar refractivity (Wildman–Crippen MR) is 82.4 cm³/mol. The third-order valence-electron chi connectivity index (χ3n) is 3.00. The van der Waals surface area contributed by atoms with Gasteiger partial charge in [0, 0.05) is 5.56 Å². The molecule has 0 aliphatic rings. The molecule has 0 saturated carbocycles. The maximum atomic E-state index is 8.87. The van der Waals surface area contributed by atoms with Gasteiger partial charge in [-0.1, -0.05) is 29.8 Å². The van der Waals surface area contributed by atoms with Crippen molar-refractivity contribution in [1.29, 1.82) is 0 Å². The van der Waals surface area contributed by atoms with Crippen molar-refractivity contribution in [2.75, 3.05) is 13.2 Å². The first-order valence-corrected chi connectivity index (χ1v) is 7.30. The van der Waals surface area contributed by atoms with E-state index in [9.17, 15) is 0 Å². The van der Waals surface area contributed by atoms with E-state index < -0.39 is 0 Å². The minimum Gasteiger partial charge on any atom is -0.489 e. The fourth-order valence-corrected chi connectivity index (χ4v) is 3.08. The summed E-state index contributed by atoms with van der Waals surface area (Å²) < 4.78 is 6.63. The van der Waals surface area contributed by atoms with Gasteiger partial charge in [-0.05, 0) is 25.1 Å². The Morgan fingerprint density at radius 2 is 2.05 bits per heavy atom. The van der Waals surface area contributed by atoms with Crippen LogP contribution in [0.3, 0.4) is 0 Å². The Hall–Kier alpha value is -1.91. The molecule has 0 aliphatic carbocycles. The van der Waals surface area contributed by atoms with E-state index in [1.165, 1.54) is 5.56 Å². The van der Waals surface area contributed by atoms with Crippen molar-refractivity contribution >= 4 is 21.6 Å². The first-order chi connectivity index (χ1) is 9.78. The number of nitrogens with zero attached hydrogens (tertiary/aromatic N) is 1. The minimum absolute atomic E-state index is 0.00522. The number of para-hydroxylation sites is 1. The summed E-state index contributed by atoms with van der Waals surface area (Å²) in [7, 11) is 0. The van der Waals surface area contributed by atoms with Gasteiger partial charge < -0.3 is 9.84 Å². The number of aliphatic hydroxyl groups is 1. The highest BCUT2D eigenvalue weighted by Gasteiger charge is 2.10. The lowest BCUT2D eigenvalue weighted by atomic mass is 10.1. The van der Waals surface area contributed by atoms with Crippen LogP contribution in [0.15, 0.2) is 42.5 Å². The molecular weight excluding hydrogens is 270 g/mol. The second kappa shape index (κ2) is 5.61. The summed E-state index contributed by atoms with van der Waals surface area (Å²) in [6.07, 6.45) is 0. The number of thiazole rings is 1. The number of fused-ring (bicyclic) bond motifs is 1. The molecule has 0 bridgehead atoms. The molecule has 0 radical (unpaired) electrons. The minimum atomic E-state index is 0.00522. The summed E-state index contributed by atoms with van der Waals surface area (Å²) in [5.41, 5.74) is 3.21. The third kappa shape index (κ3) is 2.53. The van der Waals surface area contributed by atoms with Crippen LogP contribution >= 0.6 is 11.3 Å². The topological polar surface area (TPSA) is 42.4 Å². The van der Waals surface area contributed by atoms with E-state index in [4.69, 9.17) is 9.84 Å². The molecule has 0 atom stereocenters. The van der Waals surface area contributed by atoms with Gasteiger partial charge in [0.2, 0.25) is 0 Å². The summed E-state index contributed by atoms with van der Waals surface area (Å²) in [5, 5.41) is 9.86. The van der Waals surface area contributed by atoms with Gasteiger partial charge in [0.05, 0.1) is 11.3 Å². The lowest BCUT2D eigenvalue weighted by Gasteiger charge is -2.03. The van der Waals surface area contributed by atoms with Gasteiger partial charge in [0.25, 0.3) is 0 Å². The van der Waals surface area contributed by atoms with Crippen LogP contribution in [0.2, 0.25) is 0 Å². The van der Waals surface area contributed by atoms with E-state index in [1.807, 2.05) is 24.3 Å². The van der Waals surface area contributed by atoms with E-state index in [1.54, 1.807) is 11.3 Å². The molecule has 102 valence electrons. The monoisotopic (exact) mass is 285 g/mol. The molecular formula is C16H15NO2S. The summed E-state index contributed by atoms with van der Waals surface area (Å²) in [5.74, 6) is 0.728. The molecule has 4 heteroatoms. The molecule has 3 nitrogen and oxygen atoms in total. The Morgan fingerprint density at radius 3 is 2.85 bits per heavy atom. The lowest BCUT2D eigenvalue weighted by Crippen LogP contribution is -2.01. The van der Waals surface area contributed by atoms with E-state index >= 15 is 0 Å². The zero-order valence-electron chi connectivity index (χ0n) is 11.2. The zero-order chi connectivity index (χ0) is 13.9. The molecule has 3 aromatic rings. The van der Waals surface area contributed by atoms with Gasteiger partial charge in [0.15, 0.2) is 0 Å². The molecule has 0 unspecified atom stereocenters. The molecule has 0 fully saturated rings. The van der Waals surface area contributed by atoms with Gasteiger partial charge in [0.1, 0.15) is 22.9 Å². The number of ether oxygens (including phenoxy) is 1. The SMILES string of the molecule is Cc1cccc(-c2nc3c(OCCO)cccc3s2)c1. The molecule has 0 aliphatic heterocycles. The molecule has 1 heterocycles. The van der Waals surface area contributed by atoms with Crippen molar-refractivity contribution in [3.05, 3.63) is 48.0 Å². The van der Waals surface area contributed by atoms with Crippen molar-refractivity contribution in [2.24, 2.45) is 0 Å². The van der Waals surface area contributed by atoms with E-state index in [-0.39, 0.29) is 13.2 Å².